The van der Waals surface area contributed by atoms with Gasteiger partial charge in [0.05, 0.1) is 5.69 Å². The van der Waals surface area contributed by atoms with Gasteiger partial charge in [0.15, 0.2) is 0 Å². The lowest BCUT2D eigenvalue weighted by Crippen LogP contribution is -2.37. The van der Waals surface area contributed by atoms with E-state index < -0.39 is 0 Å². The van der Waals surface area contributed by atoms with Crippen LogP contribution in [0, 0.1) is 0 Å². The molecule has 3 rings (SSSR count). The Balaban J connectivity index is 1.87. The van der Waals surface area contributed by atoms with Gasteiger partial charge in [-0.1, -0.05) is 41.9 Å². The highest BCUT2D eigenvalue weighted by molar-refractivity contribution is 6.30. The van der Waals surface area contributed by atoms with Crippen molar-refractivity contribution >= 4 is 23.2 Å². The van der Waals surface area contributed by atoms with E-state index in [1.807, 2.05) is 49.4 Å². The van der Waals surface area contributed by atoms with E-state index in [0.717, 1.165) is 11.3 Å². The molecular weight excluding hydrogens is 350 g/mol. The minimum Gasteiger partial charge on any atom is -0.311 e. The van der Waals surface area contributed by atoms with Gasteiger partial charge in [-0.25, -0.2) is 4.68 Å². The fourth-order valence-corrected chi connectivity index (χ4v) is 2.79. The zero-order valence-corrected chi connectivity index (χ0v) is 15.1. The van der Waals surface area contributed by atoms with Crippen LogP contribution in [0.4, 0.5) is 5.69 Å². The first-order valence-corrected chi connectivity index (χ1v) is 8.66. The summed E-state index contributed by atoms with van der Waals surface area (Å²) >= 11 is 5.91. The number of aromatic nitrogens is 2. The Morgan fingerprint density at radius 1 is 1.04 bits per heavy atom. The van der Waals surface area contributed by atoms with Gasteiger partial charge in [-0.15, -0.1) is 0 Å². The number of nitrogens with zero attached hydrogens (tertiary/aromatic N) is 3. The zero-order chi connectivity index (χ0) is 18.5. The molecule has 0 fully saturated rings. The highest BCUT2D eigenvalue weighted by Gasteiger charge is 2.16. The molecule has 0 N–H and O–H groups in total. The van der Waals surface area contributed by atoms with E-state index in [4.69, 9.17) is 11.6 Å². The Bertz CT molecular complexity index is 953. The van der Waals surface area contributed by atoms with Crippen molar-refractivity contribution in [1.82, 2.24) is 9.78 Å². The van der Waals surface area contributed by atoms with Gasteiger partial charge < -0.3 is 4.90 Å². The molecule has 0 saturated carbocycles. The maximum atomic E-state index is 12.7. The van der Waals surface area contributed by atoms with E-state index in [2.05, 4.69) is 5.10 Å². The highest BCUT2D eigenvalue weighted by Crippen LogP contribution is 2.18. The third-order valence-electron chi connectivity index (χ3n) is 3.98. The highest BCUT2D eigenvalue weighted by atomic mass is 35.5. The molecule has 0 atom stereocenters. The molecule has 0 spiro atoms. The van der Waals surface area contributed by atoms with Crippen LogP contribution in [0.1, 0.15) is 6.92 Å². The van der Waals surface area contributed by atoms with Crippen LogP contribution in [0.15, 0.2) is 71.5 Å². The fourth-order valence-electron chi connectivity index (χ4n) is 2.66. The molecule has 26 heavy (non-hydrogen) atoms. The first kappa shape index (κ1) is 17.9. The molecule has 0 aliphatic rings. The minimum atomic E-state index is -0.319. The molecule has 1 aromatic heterocycles. The summed E-state index contributed by atoms with van der Waals surface area (Å²) in [6.45, 7) is 2.28. The van der Waals surface area contributed by atoms with E-state index in [0.29, 0.717) is 17.3 Å². The molecule has 0 bridgehead atoms. The van der Waals surface area contributed by atoms with Gasteiger partial charge in [0.1, 0.15) is 6.54 Å². The number of hydrogen-bond donors (Lipinski definition) is 0. The van der Waals surface area contributed by atoms with Crippen molar-refractivity contribution < 1.29 is 4.79 Å². The first-order chi connectivity index (χ1) is 12.6. The fraction of sp³-hybridized carbons (Fsp3) is 0.150. The van der Waals surface area contributed by atoms with Crippen molar-refractivity contribution in [1.29, 1.82) is 0 Å². The normalized spacial score (nSPS) is 10.5. The monoisotopic (exact) mass is 367 g/mol. The Labute approximate surface area is 156 Å². The summed E-state index contributed by atoms with van der Waals surface area (Å²) in [5.41, 5.74) is 1.91. The van der Waals surface area contributed by atoms with Gasteiger partial charge in [0.2, 0.25) is 5.91 Å². The molecule has 0 saturated heterocycles. The number of benzene rings is 2. The van der Waals surface area contributed by atoms with Crippen LogP contribution in [-0.4, -0.2) is 22.2 Å². The van der Waals surface area contributed by atoms with E-state index in [1.165, 1.54) is 10.7 Å². The molecule has 0 unspecified atom stereocenters. The van der Waals surface area contributed by atoms with Gasteiger partial charge in [-0.2, -0.15) is 5.10 Å². The van der Waals surface area contributed by atoms with Gasteiger partial charge in [-0.3, -0.25) is 9.59 Å². The summed E-state index contributed by atoms with van der Waals surface area (Å²) in [6.07, 6.45) is 0. The van der Waals surface area contributed by atoms with Crippen LogP contribution in [0.5, 0.6) is 0 Å². The number of anilines is 1. The lowest BCUT2D eigenvalue weighted by atomic mass is 10.1. The van der Waals surface area contributed by atoms with Crippen LogP contribution in [0.3, 0.4) is 0 Å². The van der Waals surface area contributed by atoms with Gasteiger partial charge >= 0.3 is 0 Å². The van der Waals surface area contributed by atoms with Crippen molar-refractivity contribution in [2.45, 2.75) is 13.5 Å². The van der Waals surface area contributed by atoms with Crippen LogP contribution in [0.25, 0.3) is 11.3 Å². The standard InChI is InChI=1S/C20H18ClN3O2/c1-2-23(17-6-4-3-5-7-17)20(26)14-24-19(25)13-12-18(22-24)15-8-10-16(21)11-9-15/h3-13H,2,14H2,1H3. The smallest absolute Gasteiger partial charge is 0.267 e. The molecule has 0 aliphatic carbocycles. The lowest BCUT2D eigenvalue weighted by Gasteiger charge is -2.21. The molecule has 1 heterocycles. The maximum Gasteiger partial charge on any atom is 0.267 e. The van der Waals surface area contributed by atoms with Crippen molar-refractivity contribution in [2.24, 2.45) is 0 Å². The molecule has 5 nitrogen and oxygen atoms in total. The summed E-state index contributed by atoms with van der Waals surface area (Å²) in [5, 5.41) is 4.96. The molecule has 3 aromatic rings. The Hall–Kier alpha value is -2.92. The maximum absolute atomic E-state index is 12.7. The molecule has 132 valence electrons. The number of carbonyl (C=O) groups is 1. The number of halogens is 1. The molecule has 0 aliphatic heterocycles. The van der Waals surface area contributed by atoms with Gasteiger partial charge in [0, 0.05) is 28.9 Å². The number of rotatable bonds is 5. The molecule has 0 radical (unpaired) electrons. The summed E-state index contributed by atoms with van der Waals surface area (Å²) < 4.78 is 1.19. The Morgan fingerprint density at radius 2 is 1.73 bits per heavy atom. The molecule has 6 heteroatoms. The average molecular weight is 368 g/mol. The first-order valence-electron chi connectivity index (χ1n) is 8.28. The molecular formula is C20H18ClN3O2. The van der Waals surface area contributed by atoms with Crippen LogP contribution < -0.4 is 10.5 Å². The van der Waals surface area contributed by atoms with Crippen LogP contribution >= 0.6 is 11.6 Å². The van der Waals surface area contributed by atoms with Crippen LogP contribution in [-0.2, 0) is 11.3 Å². The van der Waals surface area contributed by atoms with E-state index in [9.17, 15) is 9.59 Å². The predicted molar refractivity (Wildman–Crippen MR) is 103 cm³/mol. The van der Waals surface area contributed by atoms with Gasteiger partial charge in [0.25, 0.3) is 5.56 Å². The second-order valence-corrected chi connectivity index (χ2v) is 6.13. The zero-order valence-electron chi connectivity index (χ0n) is 14.3. The number of hydrogen-bond acceptors (Lipinski definition) is 3. The predicted octanol–water partition coefficient (Wildman–Crippen LogP) is 3.62. The number of para-hydroxylation sites is 1. The molecule has 2 aromatic carbocycles. The summed E-state index contributed by atoms with van der Waals surface area (Å²) in [6, 6.07) is 19.6. The van der Waals surface area contributed by atoms with E-state index in [-0.39, 0.29) is 18.0 Å². The van der Waals surface area contributed by atoms with Gasteiger partial charge in [-0.05, 0) is 37.3 Å². The second kappa shape index (κ2) is 7.97. The quantitative estimate of drug-likeness (QED) is 0.692. The lowest BCUT2D eigenvalue weighted by molar-refractivity contribution is -0.119. The molecule has 1 amide bonds. The summed E-state index contributed by atoms with van der Waals surface area (Å²) in [7, 11) is 0. The summed E-state index contributed by atoms with van der Waals surface area (Å²) in [5.74, 6) is -0.193. The van der Waals surface area contributed by atoms with Crippen molar-refractivity contribution in [3.8, 4) is 11.3 Å². The largest absolute Gasteiger partial charge is 0.311 e. The number of likely N-dealkylation sites (N-methyl/N-ethyl adjacent to an activating group) is 1. The third kappa shape index (κ3) is 4.00. The van der Waals surface area contributed by atoms with E-state index in [1.54, 1.807) is 23.1 Å². The SMILES string of the molecule is CCN(C(=O)Cn1nc(-c2ccc(Cl)cc2)ccc1=O)c1ccccc1. The van der Waals surface area contributed by atoms with Crippen LogP contribution in [0.2, 0.25) is 5.02 Å². The van der Waals surface area contributed by atoms with Crippen molar-refractivity contribution in [3.63, 3.8) is 0 Å². The van der Waals surface area contributed by atoms with E-state index >= 15 is 0 Å². The van der Waals surface area contributed by atoms with Crippen molar-refractivity contribution in [3.05, 3.63) is 82.1 Å². The summed E-state index contributed by atoms with van der Waals surface area (Å²) in [4.78, 5) is 26.5. The number of amides is 1. The topological polar surface area (TPSA) is 55.2 Å². The Kier molecular flexibility index (Phi) is 5.49. The van der Waals surface area contributed by atoms with Crippen molar-refractivity contribution in [2.75, 3.05) is 11.4 Å². The third-order valence-corrected chi connectivity index (χ3v) is 4.23. The Morgan fingerprint density at radius 3 is 2.38 bits per heavy atom. The average Bonchev–Trinajstić information content (AvgIpc) is 2.66. The number of carbonyl (C=O) groups excluding carboxylic acids is 1. The minimum absolute atomic E-state index is 0.122. The second-order valence-electron chi connectivity index (χ2n) is 5.69.